The minimum Gasteiger partial charge on any atom is -0.268 e. The Balaban J connectivity index is 2.28. The summed E-state index contributed by atoms with van der Waals surface area (Å²) in [5.41, 5.74) is 1.29. The second-order valence-electron chi connectivity index (χ2n) is 4.47. The summed E-state index contributed by atoms with van der Waals surface area (Å²) in [7, 11) is -3.86. The number of sulfonamides is 1. The predicted molar refractivity (Wildman–Crippen MR) is 79.3 cm³/mol. The summed E-state index contributed by atoms with van der Waals surface area (Å²) in [6.45, 7) is -0.757. The van der Waals surface area contributed by atoms with Crippen LogP contribution in [0, 0.1) is 0 Å². The van der Waals surface area contributed by atoms with Crippen LogP contribution in [0.4, 0.5) is 4.39 Å². The van der Waals surface area contributed by atoms with Crippen molar-refractivity contribution in [2.45, 2.75) is 6.42 Å². The highest BCUT2D eigenvalue weighted by Gasteiger charge is 2.18. The molecule has 2 rings (SSSR count). The van der Waals surface area contributed by atoms with E-state index in [1.807, 2.05) is 4.72 Å². The van der Waals surface area contributed by atoms with Gasteiger partial charge in [0.2, 0.25) is 10.0 Å². The van der Waals surface area contributed by atoms with Gasteiger partial charge in [0, 0.05) is 23.5 Å². The molecule has 0 fully saturated rings. The van der Waals surface area contributed by atoms with Gasteiger partial charge in [-0.1, -0.05) is 18.2 Å². The van der Waals surface area contributed by atoms with Crippen molar-refractivity contribution < 1.29 is 17.6 Å². The molecule has 0 radical (unpaired) electrons. The summed E-state index contributed by atoms with van der Waals surface area (Å²) < 4.78 is 37.4. The number of rotatable bonds is 6. The molecule has 0 spiro atoms. The van der Waals surface area contributed by atoms with Crippen LogP contribution >= 0.6 is 0 Å². The molecule has 1 heterocycles. The number of benzene rings is 1. The van der Waals surface area contributed by atoms with Crippen LogP contribution in [0.2, 0.25) is 0 Å². The maximum absolute atomic E-state index is 12.2. The lowest BCUT2D eigenvalue weighted by Gasteiger charge is -2.10. The quantitative estimate of drug-likeness (QED) is 0.871. The molecule has 0 atom stereocenters. The van der Waals surface area contributed by atoms with E-state index in [4.69, 9.17) is 0 Å². The van der Waals surface area contributed by atoms with Crippen LogP contribution in [0.1, 0.15) is 16.8 Å². The minimum absolute atomic E-state index is 0.156. The van der Waals surface area contributed by atoms with E-state index in [1.54, 1.807) is 18.2 Å². The van der Waals surface area contributed by atoms with Crippen LogP contribution in [0.25, 0.3) is 11.1 Å². The molecule has 22 heavy (non-hydrogen) atoms. The monoisotopic (exact) mass is 323 g/mol. The van der Waals surface area contributed by atoms with Crippen molar-refractivity contribution in [1.29, 1.82) is 0 Å². The topological polar surface area (TPSA) is 89.0 Å². The molecular formula is C14H14FN3O3S. The number of carbonyl (C=O) groups is 1. The number of nitrogens with zero attached hydrogens (tertiary/aromatic N) is 2. The highest BCUT2D eigenvalue weighted by Crippen LogP contribution is 2.22. The first-order valence-corrected chi connectivity index (χ1v) is 8.14. The second-order valence-corrected chi connectivity index (χ2v) is 6.31. The van der Waals surface area contributed by atoms with Gasteiger partial charge in [-0.3, -0.25) is 9.18 Å². The third kappa shape index (κ3) is 4.08. The maximum atomic E-state index is 12.2. The van der Waals surface area contributed by atoms with Crippen LogP contribution in [0.3, 0.4) is 0 Å². The number of nitrogens with one attached hydrogen (secondary N) is 1. The van der Waals surface area contributed by atoms with E-state index in [2.05, 4.69) is 9.97 Å². The van der Waals surface area contributed by atoms with E-state index in [0.717, 1.165) is 0 Å². The molecular weight excluding hydrogens is 309 g/mol. The Labute approximate surface area is 127 Å². The van der Waals surface area contributed by atoms with E-state index >= 15 is 0 Å². The Bertz CT molecular complexity index is 751. The minimum atomic E-state index is -3.86. The molecule has 1 aromatic heterocycles. The lowest BCUT2D eigenvalue weighted by atomic mass is 10.0. The van der Waals surface area contributed by atoms with Gasteiger partial charge in [0.25, 0.3) is 5.91 Å². The molecule has 0 saturated carbocycles. The van der Waals surface area contributed by atoms with E-state index in [-0.39, 0.29) is 12.0 Å². The van der Waals surface area contributed by atoms with Gasteiger partial charge in [0.05, 0.1) is 12.4 Å². The Kier molecular flexibility index (Phi) is 5.16. The van der Waals surface area contributed by atoms with Gasteiger partial charge >= 0.3 is 0 Å². The summed E-state index contributed by atoms with van der Waals surface area (Å²) in [6, 6.07) is 6.51. The van der Waals surface area contributed by atoms with Crippen molar-refractivity contribution in [3.63, 3.8) is 0 Å². The van der Waals surface area contributed by atoms with Crippen molar-refractivity contribution in [1.82, 2.24) is 14.7 Å². The molecule has 0 aliphatic heterocycles. The van der Waals surface area contributed by atoms with Crippen molar-refractivity contribution in [3.05, 3.63) is 48.5 Å². The molecule has 2 aromatic rings. The average Bonchev–Trinajstić information content (AvgIpc) is 2.53. The zero-order valence-electron chi connectivity index (χ0n) is 11.6. The number of aromatic nitrogens is 2. The van der Waals surface area contributed by atoms with E-state index < -0.39 is 28.4 Å². The number of halogens is 1. The molecule has 0 aliphatic carbocycles. The summed E-state index contributed by atoms with van der Waals surface area (Å²) in [5, 5.41) is 0. The van der Waals surface area contributed by atoms with Gasteiger partial charge in [0.1, 0.15) is 6.33 Å². The summed E-state index contributed by atoms with van der Waals surface area (Å²) in [4.78, 5) is 19.9. The third-order valence-corrected chi connectivity index (χ3v) is 4.16. The standard InChI is InChI=1S/C14H14FN3O3S/c15-6-3-7-22(20,21)18-14(19)13-5-2-1-4-12(13)11-8-16-10-17-9-11/h1-2,4-5,8-10H,3,6-7H2,(H,18,19). The number of hydrogen-bond acceptors (Lipinski definition) is 5. The lowest BCUT2D eigenvalue weighted by Crippen LogP contribution is -2.33. The molecule has 0 bridgehead atoms. The average molecular weight is 323 g/mol. The van der Waals surface area contributed by atoms with Gasteiger partial charge < -0.3 is 0 Å². The van der Waals surface area contributed by atoms with Gasteiger partial charge in [-0.15, -0.1) is 0 Å². The largest absolute Gasteiger partial charge is 0.268 e. The Morgan fingerprint density at radius 2 is 1.86 bits per heavy atom. The fraction of sp³-hybridized carbons (Fsp3) is 0.214. The third-order valence-electron chi connectivity index (χ3n) is 2.84. The van der Waals surface area contributed by atoms with E-state index in [1.165, 1.54) is 24.8 Å². The van der Waals surface area contributed by atoms with Crippen LogP contribution in [0.5, 0.6) is 0 Å². The Hall–Kier alpha value is -2.35. The molecule has 116 valence electrons. The summed E-state index contributed by atoms with van der Waals surface area (Å²) >= 11 is 0. The number of carbonyl (C=O) groups excluding carboxylic acids is 1. The van der Waals surface area contributed by atoms with Gasteiger partial charge in [-0.2, -0.15) is 0 Å². The molecule has 0 unspecified atom stereocenters. The highest BCUT2D eigenvalue weighted by atomic mass is 32.2. The molecule has 0 aliphatic rings. The molecule has 0 saturated heterocycles. The van der Waals surface area contributed by atoms with Crippen LogP contribution < -0.4 is 4.72 Å². The summed E-state index contributed by atoms with van der Waals surface area (Å²) in [6.07, 6.45) is 4.25. The summed E-state index contributed by atoms with van der Waals surface area (Å²) in [5.74, 6) is -1.20. The number of alkyl halides is 1. The normalized spacial score (nSPS) is 11.1. The maximum Gasteiger partial charge on any atom is 0.265 e. The number of amides is 1. The Morgan fingerprint density at radius 3 is 2.55 bits per heavy atom. The molecule has 6 nitrogen and oxygen atoms in total. The van der Waals surface area contributed by atoms with Crippen LogP contribution in [-0.2, 0) is 10.0 Å². The SMILES string of the molecule is O=C(NS(=O)(=O)CCCF)c1ccccc1-c1cncnc1. The molecule has 1 amide bonds. The predicted octanol–water partition coefficient (Wildman–Crippen LogP) is 1.56. The Morgan fingerprint density at radius 1 is 1.18 bits per heavy atom. The van der Waals surface area contributed by atoms with E-state index in [9.17, 15) is 17.6 Å². The van der Waals surface area contributed by atoms with E-state index in [0.29, 0.717) is 11.1 Å². The first-order valence-electron chi connectivity index (χ1n) is 6.49. The first kappa shape index (κ1) is 16.0. The van der Waals surface area contributed by atoms with Gasteiger partial charge in [-0.05, 0) is 18.1 Å². The van der Waals surface area contributed by atoms with Crippen LogP contribution in [0.15, 0.2) is 43.0 Å². The lowest BCUT2D eigenvalue weighted by molar-refractivity contribution is 0.0982. The highest BCUT2D eigenvalue weighted by molar-refractivity contribution is 7.90. The van der Waals surface area contributed by atoms with Crippen molar-refractivity contribution in [3.8, 4) is 11.1 Å². The van der Waals surface area contributed by atoms with Gasteiger partial charge in [-0.25, -0.2) is 23.1 Å². The molecule has 1 aromatic carbocycles. The van der Waals surface area contributed by atoms with Crippen LogP contribution in [-0.4, -0.2) is 36.7 Å². The zero-order chi connectivity index (χ0) is 16.0. The fourth-order valence-corrected chi connectivity index (χ4v) is 2.85. The van der Waals surface area contributed by atoms with Crippen molar-refractivity contribution in [2.75, 3.05) is 12.4 Å². The fourth-order valence-electron chi connectivity index (χ4n) is 1.86. The first-order chi connectivity index (χ1) is 10.5. The molecule has 1 N–H and O–H groups in total. The molecule has 8 heteroatoms. The number of hydrogen-bond donors (Lipinski definition) is 1. The van der Waals surface area contributed by atoms with Crippen molar-refractivity contribution >= 4 is 15.9 Å². The van der Waals surface area contributed by atoms with Crippen molar-refractivity contribution in [2.24, 2.45) is 0 Å². The smallest absolute Gasteiger partial charge is 0.265 e. The van der Waals surface area contributed by atoms with Gasteiger partial charge in [0.15, 0.2) is 0 Å². The zero-order valence-corrected chi connectivity index (χ0v) is 12.4. The second kappa shape index (κ2) is 7.08.